The molecular weight excluding hydrogens is 288 g/mol. The lowest BCUT2D eigenvalue weighted by Crippen LogP contribution is -2.11. The van der Waals surface area contributed by atoms with Crippen molar-refractivity contribution in [2.45, 2.75) is 32.1 Å². The van der Waals surface area contributed by atoms with Crippen LogP contribution >= 0.6 is 0 Å². The first-order valence-corrected chi connectivity index (χ1v) is 7.98. The fourth-order valence-electron chi connectivity index (χ4n) is 2.60. The van der Waals surface area contributed by atoms with E-state index in [9.17, 15) is 9.59 Å². The SMILES string of the molecule is CCOC(=O)CCC(=O)CC(c1ccccc1)c1ccccc1. The maximum atomic E-state index is 12.3. The van der Waals surface area contributed by atoms with Crippen LogP contribution in [-0.2, 0) is 14.3 Å². The largest absolute Gasteiger partial charge is 0.466 e. The third-order valence-corrected chi connectivity index (χ3v) is 3.75. The van der Waals surface area contributed by atoms with Gasteiger partial charge in [0.15, 0.2) is 0 Å². The summed E-state index contributed by atoms with van der Waals surface area (Å²) in [6, 6.07) is 20.0. The quantitative estimate of drug-likeness (QED) is 0.689. The highest BCUT2D eigenvalue weighted by molar-refractivity contribution is 5.83. The van der Waals surface area contributed by atoms with Crippen LogP contribution in [0.4, 0.5) is 0 Å². The van der Waals surface area contributed by atoms with E-state index in [1.807, 2.05) is 60.7 Å². The van der Waals surface area contributed by atoms with E-state index in [2.05, 4.69) is 0 Å². The fraction of sp³-hybridized carbons (Fsp3) is 0.300. The van der Waals surface area contributed by atoms with Gasteiger partial charge in [-0.15, -0.1) is 0 Å². The van der Waals surface area contributed by atoms with Gasteiger partial charge in [0.05, 0.1) is 13.0 Å². The first kappa shape index (κ1) is 16.9. The second-order valence-corrected chi connectivity index (χ2v) is 5.42. The molecule has 0 unspecified atom stereocenters. The molecule has 23 heavy (non-hydrogen) atoms. The molecule has 0 aliphatic carbocycles. The number of hydrogen-bond acceptors (Lipinski definition) is 3. The molecule has 0 aromatic heterocycles. The van der Waals surface area contributed by atoms with Gasteiger partial charge in [-0.1, -0.05) is 60.7 Å². The van der Waals surface area contributed by atoms with E-state index in [1.54, 1.807) is 6.92 Å². The molecule has 0 saturated carbocycles. The minimum atomic E-state index is -0.308. The molecule has 0 amide bonds. The Labute approximate surface area is 137 Å². The standard InChI is InChI=1S/C20H22O3/c1-2-23-20(22)14-13-18(21)15-19(16-9-5-3-6-10-16)17-11-7-4-8-12-17/h3-12,19H,2,13-15H2,1H3. The summed E-state index contributed by atoms with van der Waals surface area (Å²) in [6.45, 7) is 2.12. The predicted molar refractivity (Wildman–Crippen MR) is 90.2 cm³/mol. The molecule has 0 aliphatic heterocycles. The molecule has 3 nitrogen and oxygen atoms in total. The van der Waals surface area contributed by atoms with E-state index in [1.165, 1.54) is 0 Å². The minimum absolute atomic E-state index is 0.0205. The lowest BCUT2D eigenvalue weighted by Gasteiger charge is -2.17. The van der Waals surface area contributed by atoms with Crippen LogP contribution in [0.15, 0.2) is 60.7 Å². The number of hydrogen-bond donors (Lipinski definition) is 0. The van der Waals surface area contributed by atoms with E-state index in [-0.39, 0.29) is 30.5 Å². The minimum Gasteiger partial charge on any atom is -0.466 e. The Morgan fingerprint density at radius 1 is 0.870 bits per heavy atom. The molecule has 0 saturated heterocycles. The van der Waals surface area contributed by atoms with Crippen LogP contribution in [0.5, 0.6) is 0 Å². The highest BCUT2D eigenvalue weighted by atomic mass is 16.5. The Kier molecular flexibility index (Phi) is 6.55. The Morgan fingerprint density at radius 3 is 1.87 bits per heavy atom. The van der Waals surface area contributed by atoms with E-state index < -0.39 is 0 Å². The zero-order valence-electron chi connectivity index (χ0n) is 13.4. The third-order valence-electron chi connectivity index (χ3n) is 3.75. The number of ketones is 1. The Bertz CT molecular complexity index is 580. The van der Waals surface area contributed by atoms with Crippen LogP contribution in [0.25, 0.3) is 0 Å². The molecular formula is C20H22O3. The summed E-state index contributed by atoms with van der Waals surface area (Å²) >= 11 is 0. The maximum Gasteiger partial charge on any atom is 0.306 e. The highest BCUT2D eigenvalue weighted by Gasteiger charge is 2.18. The van der Waals surface area contributed by atoms with Crippen LogP contribution in [0, 0.1) is 0 Å². The van der Waals surface area contributed by atoms with Crippen LogP contribution in [-0.4, -0.2) is 18.4 Å². The Balaban J connectivity index is 2.07. The molecule has 2 rings (SSSR count). The molecule has 0 heterocycles. The summed E-state index contributed by atoms with van der Waals surface area (Å²) in [4.78, 5) is 23.7. The van der Waals surface area contributed by atoms with Gasteiger partial charge in [-0.25, -0.2) is 0 Å². The van der Waals surface area contributed by atoms with Crippen molar-refractivity contribution in [2.75, 3.05) is 6.61 Å². The monoisotopic (exact) mass is 310 g/mol. The second kappa shape index (κ2) is 8.89. The third kappa shape index (κ3) is 5.37. The summed E-state index contributed by atoms with van der Waals surface area (Å²) in [7, 11) is 0. The van der Waals surface area contributed by atoms with Crippen molar-refractivity contribution in [1.82, 2.24) is 0 Å². The number of carbonyl (C=O) groups is 2. The second-order valence-electron chi connectivity index (χ2n) is 5.42. The highest BCUT2D eigenvalue weighted by Crippen LogP contribution is 2.28. The molecule has 2 aromatic carbocycles. The molecule has 0 aliphatic rings. The molecule has 0 bridgehead atoms. The van der Waals surface area contributed by atoms with Crippen molar-refractivity contribution in [2.24, 2.45) is 0 Å². The van der Waals surface area contributed by atoms with Crippen LogP contribution < -0.4 is 0 Å². The topological polar surface area (TPSA) is 43.4 Å². The van der Waals surface area contributed by atoms with Crippen LogP contribution in [0.1, 0.15) is 43.2 Å². The summed E-state index contributed by atoms with van der Waals surface area (Å²) in [5.74, 6) is -0.209. The van der Waals surface area contributed by atoms with Crippen molar-refractivity contribution >= 4 is 11.8 Å². The zero-order chi connectivity index (χ0) is 16.5. The summed E-state index contributed by atoms with van der Waals surface area (Å²) in [5, 5.41) is 0. The number of esters is 1. The fourth-order valence-corrected chi connectivity index (χ4v) is 2.60. The van der Waals surface area contributed by atoms with Gasteiger partial charge >= 0.3 is 5.97 Å². The van der Waals surface area contributed by atoms with Crippen molar-refractivity contribution in [1.29, 1.82) is 0 Å². The van der Waals surface area contributed by atoms with Gasteiger partial charge in [0.25, 0.3) is 0 Å². The molecule has 0 fully saturated rings. The van der Waals surface area contributed by atoms with E-state index in [4.69, 9.17) is 4.74 Å². The van der Waals surface area contributed by atoms with Gasteiger partial charge in [-0.05, 0) is 18.1 Å². The molecule has 0 N–H and O–H groups in total. The Morgan fingerprint density at radius 2 is 1.39 bits per heavy atom. The average molecular weight is 310 g/mol. The zero-order valence-corrected chi connectivity index (χ0v) is 13.4. The number of Topliss-reactive ketones (excluding diaryl/α,β-unsaturated/α-hetero) is 1. The summed E-state index contributed by atoms with van der Waals surface area (Å²) < 4.78 is 4.88. The molecule has 3 heteroatoms. The smallest absolute Gasteiger partial charge is 0.306 e. The normalized spacial score (nSPS) is 10.5. The van der Waals surface area contributed by atoms with Gasteiger partial charge in [0.1, 0.15) is 5.78 Å². The van der Waals surface area contributed by atoms with Gasteiger partial charge < -0.3 is 4.74 Å². The molecule has 0 radical (unpaired) electrons. The predicted octanol–water partition coefficient (Wildman–Crippen LogP) is 4.12. The Hall–Kier alpha value is -2.42. The van der Waals surface area contributed by atoms with Crippen LogP contribution in [0.3, 0.4) is 0 Å². The van der Waals surface area contributed by atoms with Gasteiger partial charge in [0, 0.05) is 18.8 Å². The van der Waals surface area contributed by atoms with Crippen molar-refractivity contribution < 1.29 is 14.3 Å². The average Bonchev–Trinajstić information content (AvgIpc) is 2.60. The molecule has 2 aromatic rings. The van der Waals surface area contributed by atoms with Gasteiger partial charge in [0.2, 0.25) is 0 Å². The van der Waals surface area contributed by atoms with Crippen molar-refractivity contribution in [3.8, 4) is 0 Å². The lowest BCUT2D eigenvalue weighted by atomic mass is 9.86. The first-order chi connectivity index (χ1) is 11.2. The van der Waals surface area contributed by atoms with E-state index >= 15 is 0 Å². The van der Waals surface area contributed by atoms with E-state index in [0.29, 0.717) is 13.0 Å². The number of ether oxygens (including phenoxy) is 1. The van der Waals surface area contributed by atoms with Crippen molar-refractivity contribution in [3.63, 3.8) is 0 Å². The van der Waals surface area contributed by atoms with Gasteiger partial charge in [-0.3, -0.25) is 9.59 Å². The summed E-state index contributed by atoms with van der Waals surface area (Å²) in [6.07, 6.45) is 0.783. The van der Waals surface area contributed by atoms with Crippen LogP contribution in [0.2, 0.25) is 0 Å². The summed E-state index contributed by atoms with van der Waals surface area (Å²) in [5.41, 5.74) is 2.23. The number of benzene rings is 2. The molecule has 0 spiro atoms. The maximum absolute atomic E-state index is 12.3. The van der Waals surface area contributed by atoms with E-state index in [0.717, 1.165) is 11.1 Å². The molecule has 0 atom stereocenters. The van der Waals surface area contributed by atoms with Gasteiger partial charge in [-0.2, -0.15) is 0 Å². The molecule has 120 valence electrons. The van der Waals surface area contributed by atoms with Crippen molar-refractivity contribution in [3.05, 3.63) is 71.8 Å². The number of rotatable bonds is 8. The first-order valence-electron chi connectivity index (χ1n) is 7.98. The number of carbonyl (C=O) groups excluding carboxylic acids is 2. The lowest BCUT2D eigenvalue weighted by molar-refractivity contribution is -0.144.